The summed E-state index contributed by atoms with van der Waals surface area (Å²) in [6.07, 6.45) is 14.7. The van der Waals surface area contributed by atoms with Gasteiger partial charge in [0.05, 0.1) is 6.61 Å². The van der Waals surface area contributed by atoms with E-state index in [1.165, 1.54) is 61.6 Å². The van der Waals surface area contributed by atoms with E-state index in [4.69, 9.17) is 4.74 Å². The van der Waals surface area contributed by atoms with Crippen molar-refractivity contribution in [1.29, 1.82) is 0 Å². The van der Waals surface area contributed by atoms with E-state index in [1.54, 1.807) is 0 Å². The van der Waals surface area contributed by atoms with Crippen LogP contribution in [0, 0.1) is 11.8 Å². The predicted octanol–water partition coefficient (Wildman–Crippen LogP) is 7.64. The smallest absolute Gasteiger partial charge is 0.127 e. The second-order valence-corrected chi connectivity index (χ2v) is 8.52. The normalized spacial score (nSPS) is 20.7. The van der Waals surface area contributed by atoms with Crippen LogP contribution in [0.3, 0.4) is 0 Å². The number of benzene rings is 1. The summed E-state index contributed by atoms with van der Waals surface area (Å²) < 4.78 is 6.05. The third kappa shape index (κ3) is 5.16. The molecule has 2 heteroatoms. The van der Waals surface area contributed by atoms with Gasteiger partial charge in [0.1, 0.15) is 5.75 Å². The second kappa shape index (κ2) is 10.6. The Morgan fingerprint density at radius 3 is 2.54 bits per heavy atom. The minimum absolute atomic E-state index is 0.537. The topological polar surface area (TPSA) is 22.1 Å². The number of nitrogens with zero attached hydrogens (tertiary/aromatic N) is 1. The molecule has 0 N–H and O–H groups in total. The molecule has 2 aromatic rings. The molecule has 1 aliphatic carbocycles. The van der Waals surface area contributed by atoms with Crippen LogP contribution >= 0.6 is 0 Å². The summed E-state index contributed by atoms with van der Waals surface area (Å²) in [5.41, 5.74) is 3.88. The first-order valence-electron chi connectivity index (χ1n) is 11.4. The van der Waals surface area contributed by atoms with Crippen molar-refractivity contribution in [1.82, 2.24) is 4.98 Å². The van der Waals surface area contributed by atoms with Gasteiger partial charge in [-0.1, -0.05) is 71.1 Å². The van der Waals surface area contributed by atoms with Gasteiger partial charge in [0.2, 0.25) is 0 Å². The minimum Gasteiger partial charge on any atom is -0.493 e. The maximum absolute atomic E-state index is 6.05. The van der Waals surface area contributed by atoms with Crippen molar-refractivity contribution < 1.29 is 4.74 Å². The molecule has 1 aromatic heterocycles. The van der Waals surface area contributed by atoms with E-state index in [1.807, 2.05) is 6.20 Å². The molecule has 152 valence electrons. The van der Waals surface area contributed by atoms with Crippen LogP contribution in [0.4, 0.5) is 0 Å². The van der Waals surface area contributed by atoms with Crippen LogP contribution < -0.4 is 4.74 Å². The van der Waals surface area contributed by atoms with Gasteiger partial charge in [-0.15, -0.1) is 0 Å². The molecule has 0 saturated heterocycles. The van der Waals surface area contributed by atoms with Crippen molar-refractivity contribution in [2.75, 3.05) is 6.61 Å². The molecule has 0 radical (unpaired) electrons. The Labute approximate surface area is 171 Å². The van der Waals surface area contributed by atoms with Crippen LogP contribution in [0.5, 0.6) is 5.75 Å². The molecule has 1 fully saturated rings. The Bertz CT molecular complexity index is 718. The number of unbranched alkanes of at least 4 members (excludes halogenated alkanes) is 1. The zero-order valence-corrected chi connectivity index (χ0v) is 18.0. The molecule has 0 spiro atoms. The van der Waals surface area contributed by atoms with Crippen LogP contribution in [-0.2, 0) is 0 Å². The average Bonchev–Trinajstić information content (AvgIpc) is 2.76. The summed E-state index contributed by atoms with van der Waals surface area (Å²) in [5, 5.41) is 0. The fraction of sp³-hybridized carbons (Fsp3) is 0.577. The maximum atomic E-state index is 6.05. The van der Waals surface area contributed by atoms with Gasteiger partial charge in [-0.3, -0.25) is 4.98 Å². The van der Waals surface area contributed by atoms with Gasteiger partial charge < -0.3 is 4.74 Å². The number of hydrogen-bond acceptors (Lipinski definition) is 2. The molecule has 0 amide bonds. The lowest BCUT2D eigenvalue weighted by Gasteiger charge is -2.33. The van der Waals surface area contributed by atoms with E-state index in [0.29, 0.717) is 5.92 Å². The lowest BCUT2D eigenvalue weighted by atomic mass is 9.72. The molecular formula is C26H37NO. The molecule has 0 bridgehead atoms. The quantitative estimate of drug-likeness (QED) is 0.446. The highest BCUT2D eigenvalue weighted by molar-refractivity contribution is 5.73. The third-order valence-electron chi connectivity index (χ3n) is 6.55. The summed E-state index contributed by atoms with van der Waals surface area (Å²) in [7, 11) is 0. The highest BCUT2D eigenvalue weighted by Crippen LogP contribution is 2.43. The molecule has 0 aliphatic heterocycles. The Balaban J connectivity index is 1.78. The lowest BCUT2D eigenvalue weighted by molar-refractivity contribution is 0.237. The van der Waals surface area contributed by atoms with Gasteiger partial charge in [-0.2, -0.15) is 0 Å². The van der Waals surface area contributed by atoms with E-state index in [2.05, 4.69) is 62.3 Å². The lowest BCUT2D eigenvalue weighted by Crippen LogP contribution is -2.19. The standard InChI is InChI=1S/C26H37NO/c1-4-6-9-21-12-14-22(15-13-21)20(3)25-19-27-17-16-23(25)24-10-7-8-11-26(24)28-18-5-2/h7-8,10-11,16-17,19-22H,4-6,9,12-15,18H2,1-3H3. The number of ether oxygens (including phenoxy) is 1. The number of pyridine rings is 1. The molecule has 28 heavy (non-hydrogen) atoms. The predicted molar refractivity (Wildman–Crippen MR) is 119 cm³/mol. The zero-order chi connectivity index (χ0) is 19.8. The van der Waals surface area contributed by atoms with Crippen LogP contribution in [0.2, 0.25) is 0 Å². The molecular weight excluding hydrogens is 342 g/mol. The zero-order valence-electron chi connectivity index (χ0n) is 18.0. The van der Waals surface area contributed by atoms with Gasteiger partial charge in [0.15, 0.2) is 0 Å². The first kappa shape index (κ1) is 20.9. The largest absolute Gasteiger partial charge is 0.493 e. The summed E-state index contributed by atoms with van der Waals surface area (Å²) in [6.45, 7) is 7.63. The van der Waals surface area contributed by atoms with Crippen LogP contribution in [0.1, 0.15) is 83.6 Å². The van der Waals surface area contributed by atoms with Gasteiger partial charge in [0.25, 0.3) is 0 Å². The Morgan fingerprint density at radius 2 is 1.79 bits per heavy atom. The molecule has 1 atom stereocenters. The molecule has 1 heterocycles. The van der Waals surface area contributed by atoms with Crippen molar-refractivity contribution in [2.45, 2.75) is 78.1 Å². The molecule has 1 aromatic carbocycles. The van der Waals surface area contributed by atoms with E-state index < -0.39 is 0 Å². The first-order chi connectivity index (χ1) is 13.7. The molecule has 2 nitrogen and oxygen atoms in total. The Kier molecular flexibility index (Phi) is 7.94. The van der Waals surface area contributed by atoms with Crippen LogP contribution in [0.15, 0.2) is 42.7 Å². The Morgan fingerprint density at radius 1 is 1.00 bits per heavy atom. The van der Waals surface area contributed by atoms with Crippen molar-refractivity contribution >= 4 is 0 Å². The molecule has 1 unspecified atom stereocenters. The van der Waals surface area contributed by atoms with Gasteiger partial charge in [-0.05, 0) is 60.3 Å². The highest BCUT2D eigenvalue weighted by Gasteiger charge is 2.27. The van der Waals surface area contributed by atoms with Crippen LogP contribution in [-0.4, -0.2) is 11.6 Å². The maximum Gasteiger partial charge on any atom is 0.127 e. The van der Waals surface area contributed by atoms with Gasteiger partial charge in [0, 0.05) is 18.0 Å². The Hall–Kier alpha value is -1.83. The van der Waals surface area contributed by atoms with E-state index in [0.717, 1.165) is 30.6 Å². The highest BCUT2D eigenvalue weighted by atomic mass is 16.5. The van der Waals surface area contributed by atoms with Crippen LogP contribution in [0.25, 0.3) is 11.1 Å². The summed E-state index contributed by atoms with van der Waals surface area (Å²) in [5.74, 6) is 3.26. The average molecular weight is 380 g/mol. The number of para-hydroxylation sites is 1. The SMILES string of the molecule is CCCCC1CCC(C(C)c2cnccc2-c2ccccc2OCCC)CC1. The second-order valence-electron chi connectivity index (χ2n) is 8.52. The molecule has 1 saturated carbocycles. The van der Waals surface area contributed by atoms with Crippen molar-refractivity contribution in [3.05, 3.63) is 48.3 Å². The van der Waals surface area contributed by atoms with Gasteiger partial charge >= 0.3 is 0 Å². The van der Waals surface area contributed by atoms with Crippen molar-refractivity contribution in [3.63, 3.8) is 0 Å². The van der Waals surface area contributed by atoms with E-state index in [-0.39, 0.29) is 0 Å². The van der Waals surface area contributed by atoms with Crippen molar-refractivity contribution in [3.8, 4) is 16.9 Å². The molecule has 3 rings (SSSR count). The number of rotatable bonds is 9. The van der Waals surface area contributed by atoms with Crippen molar-refractivity contribution in [2.24, 2.45) is 11.8 Å². The van der Waals surface area contributed by atoms with E-state index in [9.17, 15) is 0 Å². The summed E-state index contributed by atoms with van der Waals surface area (Å²) >= 11 is 0. The number of aromatic nitrogens is 1. The molecule has 1 aliphatic rings. The number of hydrogen-bond donors (Lipinski definition) is 0. The summed E-state index contributed by atoms with van der Waals surface area (Å²) in [6, 6.07) is 10.6. The fourth-order valence-electron chi connectivity index (χ4n) is 4.77. The fourth-order valence-corrected chi connectivity index (χ4v) is 4.77. The monoisotopic (exact) mass is 379 g/mol. The third-order valence-corrected chi connectivity index (χ3v) is 6.55. The minimum atomic E-state index is 0.537. The van der Waals surface area contributed by atoms with Gasteiger partial charge in [-0.25, -0.2) is 0 Å². The van der Waals surface area contributed by atoms with E-state index >= 15 is 0 Å². The first-order valence-corrected chi connectivity index (χ1v) is 11.4. The summed E-state index contributed by atoms with van der Waals surface area (Å²) in [4.78, 5) is 4.49.